The number of benzene rings is 1. The standard InChI is InChI=1S/C15H19ClN2O/c1-17-9-13-7-8-19-15(13)11-18(2)10-12-3-5-14(16)6-4-12/h3-8,17H,9-11H2,1-2H3. The van der Waals surface area contributed by atoms with Crippen LogP contribution in [-0.4, -0.2) is 19.0 Å². The Kier molecular flexibility index (Phi) is 5.02. The van der Waals surface area contributed by atoms with Gasteiger partial charge in [0.25, 0.3) is 0 Å². The number of rotatable bonds is 6. The normalized spacial score (nSPS) is 11.2. The molecule has 0 fully saturated rings. The third-order valence-corrected chi connectivity index (χ3v) is 3.24. The maximum absolute atomic E-state index is 5.88. The second kappa shape index (κ2) is 6.75. The van der Waals surface area contributed by atoms with Crippen LogP contribution in [0.4, 0.5) is 0 Å². The third-order valence-electron chi connectivity index (χ3n) is 2.98. The molecule has 4 heteroatoms. The molecule has 1 heterocycles. The van der Waals surface area contributed by atoms with Gasteiger partial charge in [0.15, 0.2) is 0 Å². The Morgan fingerprint density at radius 2 is 1.89 bits per heavy atom. The minimum Gasteiger partial charge on any atom is -0.468 e. The van der Waals surface area contributed by atoms with Gasteiger partial charge in [-0.3, -0.25) is 4.90 Å². The molecule has 0 atom stereocenters. The highest BCUT2D eigenvalue weighted by atomic mass is 35.5. The molecule has 0 aliphatic rings. The summed E-state index contributed by atoms with van der Waals surface area (Å²) in [5.74, 6) is 1.02. The number of hydrogen-bond acceptors (Lipinski definition) is 3. The lowest BCUT2D eigenvalue weighted by Gasteiger charge is -2.16. The zero-order chi connectivity index (χ0) is 13.7. The summed E-state index contributed by atoms with van der Waals surface area (Å²) in [4.78, 5) is 2.22. The van der Waals surface area contributed by atoms with E-state index in [1.165, 1.54) is 11.1 Å². The summed E-state index contributed by atoms with van der Waals surface area (Å²) < 4.78 is 5.54. The third kappa shape index (κ3) is 4.10. The quantitative estimate of drug-likeness (QED) is 0.879. The molecule has 0 aliphatic heterocycles. The molecule has 1 N–H and O–H groups in total. The molecule has 0 aliphatic carbocycles. The van der Waals surface area contributed by atoms with E-state index in [0.717, 1.165) is 30.4 Å². The van der Waals surface area contributed by atoms with Gasteiger partial charge in [-0.2, -0.15) is 0 Å². The predicted molar refractivity (Wildman–Crippen MR) is 78.1 cm³/mol. The van der Waals surface area contributed by atoms with Gasteiger partial charge in [0.1, 0.15) is 5.76 Å². The summed E-state index contributed by atoms with van der Waals surface area (Å²) in [6, 6.07) is 9.96. The summed E-state index contributed by atoms with van der Waals surface area (Å²) >= 11 is 5.88. The van der Waals surface area contributed by atoms with E-state index in [0.29, 0.717) is 0 Å². The topological polar surface area (TPSA) is 28.4 Å². The van der Waals surface area contributed by atoms with Crippen molar-refractivity contribution >= 4 is 11.6 Å². The van der Waals surface area contributed by atoms with Crippen LogP contribution in [0.5, 0.6) is 0 Å². The fourth-order valence-corrected chi connectivity index (χ4v) is 2.18. The Morgan fingerprint density at radius 3 is 2.58 bits per heavy atom. The molecule has 0 amide bonds. The number of furan rings is 1. The van der Waals surface area contributed by atoms with Gasteiger partial charge in [-0.15, -0.1) is 0 Å². The van der Waals surface area contributed by atoms with Crippen LogP contribution in [0, 0.1) is 0 Å². The van der Waals surface area contributed by atoms with Crippen LogP contribution in [-0.2, 0) is 19.6 Å². The average molecular weight is 279 g/mol. The number of nitrogens with zero attached hydrogens (tertiary/aromatic N) is 1. The molecule has 0 bridgehead atoms. The van der Waals surface area contributed by atoms with Crippen LogP contribution >= 0.6 is 11.6 Å². The Balaban J connectivity index is 1.95. The lowest BCUT2D eigenvalue weighted by atomic mass is 10.2. The zero-order valence-corrected chi connectivity index (χ0v) is 12.1. The Morgan fingerprint density at radius 1 is 1.16 bits per heavy atom. The molecule has 1 aromatic carbocycles. The second-order valence-corrected chi connectivity index (χ2v) is 5.13. The first-order valence-electron chi connectivity index (χ1n) is 6.32. The van der Waals surface area contributed by atoms with Crippen molar-refractivity contribution in [2.75, 3.05) is 14.1 Å². The van der Waals surface area contributed by atoms with E-state index in [4.69, 9.17) is 16.0 Å². The van der Waals surface area contributed by atoms with Gasteiger partial charge in [0, 0.05) is 23.7 Å². The molecule has 2 rings (SSSR count). The van der Waals surface area contributed by atoms with E-state index in [1.54, 1.807) is 6.26 Å². The van der Waals surface area contributed by atoms with E-state index in [9.17, 15) is 0 Å². The molecule has 19 heavy (non-hydrogen) atoms. The second-order valence-electron chi connectivity index (χ2n) is 4.70. The highest BCUT2D eigenvalue weighted by Crippen LogP contribution is 2.15. The Labute approximate surface area is 119 Å². The maximum Gasteiger partial charge on any atom is 0.122 e. The van der Waals surface area contributed by atoms with Gasteiger partial charge in [0.05, 0.1) is 12.8 Å². The summed E-state index contributed by atoms with van der Waals surface area (Å²) in [7, 11) is 4.02. The van der Waals surface area contributed by atoms with E-state index < -0.39 is 0 Å². The van der Waals surface area contributed by atoms with Crippen LogP contribution in [0.1, 0.15) is 16.9 Å². The van der Waals surface area contributed by atoms with E-state index in [2.05, 4.69) is 29.4 Å². The van der Waals surface area contributed by atoms with Crippen molar-refractivity contribution in [2.45, 2.75) is 19.6 Å². The Hall–Kier alpha value is -1.29. The zero-order valence-electron chi connectivity index (χ0n) is 11.3. The number of halogens is 1. The van der Waals surface area contributed by atoms with Crippen LogP contribution in [0.2, 0.25) is 5.02 Å². The molecule has 2 aromatic rings. The van der Waals surface area contributed by atoms with Crippen molar-refractivity contribution in [2.24, 2.45) is 0 Å². The highest BCUT2D eigenvalue weighted by Gasteiger charge is 2.09. The van der Waals surface area contributed by atoms with Gasteiger partial charge in [-0.25, -0.2) is 0 Å². The van der Waals surface area contributed by atoms with Crippen molar-refractivity contribution in [3.63, 3.8) is 0 Å². The molecular formula is C15H19ClN2O. The van der Waals surface area contributed by atoms with Gasteiger partial charge >= 0.3 is 0 Å². The number of nitrogens with one attached hydrogen (secondary N) is 1. The molecule has 0 saturated heterocycles. The van der Waals surface area contributed by atoms with Crippen molar-refractivity contribution in [1.29, 1.82) is 0 Å². The first-order valence-corrected chi connectivity index (χ1v) is 6.69. The van der Waals surface area contributed by atoms with Crippen molar-refractivity contribution in [3.8, 4) is 0 Å². The summed E-state index contributed by atoms with van der Waals surface area (Å²) in [6.07, 6.45) is 1.75. The highest BCUT2D eigenvalue weighted by molar-refractivity contribution is 6.30. The van der Waals surface area contributed by atoms with E-state index in [-0.39, 0.29) is 0 Å². The molecule has 3 nitrogen and oxygen atoms in total. The molecule has 0 spiro atoms. The van der Waals surface area contributed by atoms with Crippen LogP contribution < -0.4 is 5.32 Å². The average Bonchev–Trinajstić information content (AvgIpc) is 2.80. The molecular weight excluding hydrogens is 260 g/mol. The van der Waals surface area contributed by atoms with E-state index >= 15 is 0 Å². The summed E-state index contributed by atoms with van der Waals surface area (Å²) in [5, 5.41) is 3.92. The fraction of sp³-hybridized carbons (Fsp3) is 0.333. The van der Waals surface area contributed by atoms with Crippen LogP contribution in [0.25, 0.3) is 0 Å². The first kappa shape index (κ1) is 14.1. The summed E-state index contributed by atoms with van der Waals surface area (Å²) in [6.45, 7) is 2.50. The molecule has 1 aromatic heterocycles. The van der Waals surface area contributed by atoms with Gasteiger partial charge in [-0.1, -0.05) is 23.7 Å². The van der Waals surface area contributed by atoms with Crippen LogP contribution in [0.3, 0.4) is 0 Å². The molecule has 0 radical (unpaired) electrons. The minimum absolute atomic E-state index is 0.772. The molecule has 0 unspecified atom stereocenters. The minimum atomic E-state index is 0.772. The van der Waals surface area contributed by atoms with Gasteiger partial charge < -0.3 is 9.73 Å². The van der Waals surface area contributed by atoms with Gasteiger partial charge in [0.2, 0.25) is 0 Å². The Bertz CT molecular complexity index is 507. The molecule has 102 valence electrons. The van der Waals surface area contributed by atoms with Crippen molar-refractivity contribution in [1.82, 2.24) is 10.2 Å². The lowest BCUT2D eigenvalue weighted by Crippen LogP contribution is -2.18. The van der Waals surface area contributed by atoms with Crippen molar-refractivity contribution in [3.05, 3.63) is 58.5 Å². The smallest absolute Gasteiger partial charge is 0.122 e. The fourth-order valence-electron chi connectivity index (χ4n) is 2.06. The van der Waals surface area contributed by atoms with Gasteiger partial charge in [-0.05, 0) is 37.9 Å². The molecule has 0 saturated carbocycles. The van der Waals surface area contributed by atoms with E-state index in [1.807, 2.05) is 25.2 Å². The number of hydrogen-bond donors (Lipinski definition) is 1. The first-order chi connectivity index (χ1) is 9.19. The maximum atomic E-state index is 5.88. The SMILES string of the molecule is CNCc1ccoc1CN(C)Cc1ccc(Cl)cc1. The van der Waals surface area contributed by atoms with Crippen molar-refractivity contribution < 1.29 is 4.42 Å². The van der Waals surface area contributed by atoms with Crippen LogP contribution in [0.15, 0.2) is 41.0 Å². The monoisotopic (exact) mass is 278 g/mol. The largest absolute Gasteiger partial charge is 0.468 e. The lowest BCUT2D eigenvalue weighted by molar-refractivity contribution is 0.286. The predicted octanol–water partition coefficient (Wildman–Crippen LogP) is 3.28. The summed E-state index contributed by atoms with van der Waals surface area (Å²) in [5.41, 5.74) is 2.46.